The van der Waals surface area contributed by atoms with Gasteiger partial charge in [-0.2, -0.15) is 0 Å². The van der Waals surface area contributed by atoms with Gasteiger partial charge < -0.3 is 4.74 Å². The number of carbonyl (C=O) groups is 2. The largest absolute Gasteiger partial charge is 0.460 e. The van der Waals surface area contributed by atoms with Crippen LogP contribution in [0.3, 0.4) is 0 Å². The van der Waals surface area contributed by atoms with Gasteiger partial charge in [-0.1, -0.05) is 29.8 Å². The molecule has 0 heterocycles. The van der Waals surface area contributed by atoms with E-state index in [9.17, 15) is 9.59 Å². The third-order valence-corrected chi connectivity index (χ3v) is 1.88. The fourth-order valence-electron chi connectivity index (χ4n) is 1.22. The lowest BCUT2D eigenvalue weighted by molar-refractivity contribution is -0.146. The van der Waals surface area contributed by atoms with Crippen molar-refractivity contribution < 1.29 is 14.3 Å². The molecule has 0 fully saturated rings. The molecule has 80 valence electrons. The van der Waals surface area contributed by atoms with Gasteiger partial charge in [-0.05, 0) is 19.4 Å². The smallest absolute Gasteiger partial charge is 0.313 e. The number of esters is 1. The first-order valence-corrected chi connectivity index (χ1v) is 4.78. The van der Waals surface area contributed by atoms with Gasteiger partial charge in [0.05, 0.1) is 0 Å². The maximum atomic E-state index is 11.1. The first-order chi connectivity index (χ1) is 7.08. The summed E-state index contributed by atoms with van der Waals surface area (Å²) >= 11 is 0. The Morgan fingerprint density at radius 1 is 1.33 bits per heavy atom. The third-order valence-electron chi connectivity index (χ3n) is 1.88. The molecule has 15 heavy (non-hydrogen) atoms. The van der Waals surface area contributed by atoms with E-state index in [1.54, 1.807) is 0 Å². The molecule has 0 aliphatic carbocycles. The molecule has 1 aromatic carbocycles. The highest BCUT2D eigenvalue weighted by atomic mass is 16.5. The van der Waals surface area contributed by atoms with Gasteiger partial charge in [0.25, 0.3) is 0 Å². The fourth-order valence-corrected chi connectivity index (χ4v) is 1.22. The van der Waals surface area contributed by atoms with Crippen molar-refractivity contribution in [1.82, 2.24) is 0 Å². The number of rotatable bonds is 4. The summed E-state index contributed by atoms with van der Waals surface area (Å²) in [6.45, 7) is 3.57. The van der Waals surface area contributed by atoms with E-state index in [0.717, 1.165) is 11.1 Å². The van der Waals surface area contributed by atoms with Crippen molar-refractivity contribution in [1.29, 1.82) is 0 Å². The molecular formula is C12H14O3. The first kappa shape index (κ1) is 11.4. The van der Waals surface area contributed by atoms with E-state index in [0.29, 0.717) is 0 Å². The quantitative estimate of drug-likeness (QED) is 0.559. The minimum absolute atomic E-state index is 0.147. The Labute approximate surface area is 89.1 Å². The maximum absolute atomic E-state index is 11.1. The molecule has 3 heteroatoms. The zero-order valence-corrected chi connectivity index (χ0v) is 8.95. The number of aryl methyl sites for hydroxylation is 1. The van der Waals surface area contributed by atoms with Crippen molar-refractivity contribution in [2.45, 2.75) is 26.9 Å². The fraction of sp³-hybridized carbons (Fsp3) is 0.333. The van der Waals surface area contributed by atoms with Crippen molar-refractivity contribution in [3.8, 4) is 0 Å². The monoisotopic (exact) mass is 206 g/mol. The van der Waals surface area contributed by atoms with E-state index in [1.165, 1.54) is 6.92 Å². The van der Waals surface area contributed by atoms with Crippen molar-refractivity contribution in [3.63, 3.8) is 0 Å². The van der Waals surface area contributed by atoms with E-state index in [1.807, 2.05) is 31.2 Å². The van der Waals surface area contributed by atoms with Crippen LogP contribution in [-0.4, -0.2) is 11.8 Å². The van der Waals surface area contributed by atoms with Gasteiger partial charge in [0.2, 0.25) is 0 Å². The van der Waals surface area contributed by atoms with Crippen LogP contribution in [-0.2, 0) is 20.9 Å². The van der Waals surface area contributed by atoms with Crippen LogP contribution in [0.2, 0.25) is 0 Å². The predicted octanol–water partition coefficient (Wildman–Crippen LogP) is 2.02. The van der Waals surface area contributed by atoms with Gasteiger partial charge in [0, 0.05) is 0 Å². The van der Waals surface area contributed by atoms with Gasteiger partial charge in [0.1, 0.15) is 18.8 Å². The summed E-state index contributed by atoms with van der Waals surface area (Å²) in [5.41, 5.74) is 2.06. The molecule has 0 aliphatic rings. The van der Waals surface area contributed by atoms with Crippen LogP contribution in [0.25, 0.3) is 0 Å². The summed E-state index contributed by atoms with van der Waals surface area (Å²) in [7, 11) is 0. The van der Waals surface area contributed by atoms with Gasteiger partial charge in [-0.3, -0.25) is 9.59 Å². The molecule has 0 N–H and O–H groups in total. The summed E-state index contributed by atoms with van der Waals surface area (Å²) in [5, 5.41) is 0. The molecule has 0 unspecified atom stereocenters. The summed E-state index contributed by atoms with van der Waals surface area (Å²) in [6.07, 6.45) is -0.147. The van der Waals surface area contributed by atoms with Gasteiger partial charge in [-0.25, -0.2) is 0 Å². The second-order valence-electron chi connectivity index (χ2n) is 3.53. The molecule has 0 bridgehead atoms. The Kier molecular flexibility index (Phi) is 4.03. The second-order valence-corrected chi connectivity index (χ2v) is 3.53. The normalized spacial score (nSPS) is 9.73. The van der Waals surface area contributed by atoms with Crippen LogP contribution in [0.5, 0.6) is 0 Å². The van der Waals surface area contributed by atoms with Crippen LogP contribution in [0.1, 0.15) is 24.5 Å². The zero-order valence-electron chi connectivity index (χ0n) is 8.95. The predicted molar refractivity (Wildman–Crippen MR) is 56.3 cm³/mol. The average molecular weight is 206 g/mol. The second kappa shape index (κ2) is 5.29. The Balaban J connectivity index is 2.43. The molecule has 0 saturated carbocycles. The van der Waals surface area contributed by atoms with E-state index >= 15 is 0 Å². The lowest BCUT2D eigenvalue weighted by Gasteiger charge is -2.04. The van der Waals surface area contributed by atoms with Crippen molar-refractivity contribution in [2.24, 2.45) is 0 Å². The van der Waals surface area contributed by atoms with E-state index in [-0.39, 0.29) is 18.8 Å². The molecule has 1 rings (SSSR count). The highest BCUT2D eigenvalue weighted by Gasteiger charge is 2.06. The Morgan fingerprint density at radius 3 is 2.67 bits per heavy atom. The molecule has 3 nitrogen and oxygen atoms in total. The van der Waals surface area contributed by atoms with Crippen molar-refractivity contribution >= 4 is 11.8 Å². The van der Waals surface area contributed by atoms with Gasteiger partial charge in [0.15, 0.2) is 0 Å². The number of hydrogen-bond acceptors (Lipinski definition) is 3. The highest BCUT2D eigenvalue weighted by Crippen LogP contribution is 2.05. The average Bonchev–Trinajstić information content (AvgIpc) is 2.14. The number of Topliss-reactive ketones (excluding diaryl/α,β-unsaturated/α-hetero) is 1. The van der Waals surface area contributed by atoms with E-state index in [2.05, 4.69) is 0 Å². The zero-order chi connectivity index (χ0) is 11.3. The third kappa shape index (κ3) is 4.40. The Hall–Kier alpha value is -1.64. The molecule has 0 saturated heterocycles. The topological polar surface area (TPSA) is 43.4 Å². The van der Waals surface area contributed by atoms with Gasteiger partial charge in [-0.15, -0.1) is 0 Å². The molecule has 1 aromatic rings. The number of ketones is 1. The van der Waals surface area contributed by atoms with E-state index in [4.69, 9.17) is 4.74 Å². The summed E-state index contributed by atoms with van der Waals surface area (Å²) in [5.74, 6) is -0.645. The SMILES string of the molecule is CC(=O)CC(=O)OCc1cccc(C)c1. The molecule has 0 amide bonds. The Morgan fingerprint density at radius 2 is 2.07 bits per heavy atom. The summed E-state index contributed by atoms with van der Waals surface area (Å²) in [6, 6.07) is 7.71. The number of ether oxygens (including phenoxy) is 1. The highest BCUT2D eigenvalue weighted by molar-refractivity contribution is 5.94. The molecular weight excluding hydrogens is 192 g/mol. The lowest BCUT2D eigenvalue weighted by Crippen LogP contribution is -2.08. The number of hydrogen-bond donors (Lipinski definition) is 0. The lowest BCUT2D eigenvalue weighted by atomic mass is 10.1. The van der Waals surface area contributed by atoms with Crippen LogP contribution in [0.15, 0.2) is 24.3 Å². The number of benzene rings is 1. The van der Waals surface area contributed by atoms with Gasteiger partial charge >= 0.3 is 5.97 Å². The molecule has 0 aromatic heterocycles. The standard InChI is InChI=1S/C12H14O3/c1-9-4-3-5-11(6-9)8-15-12(14)7-10(2)13/h3-6H,7-8H2,1-2H3. The minimum Gasteiger partial charge on any atom is -0.460 e. The van der Waals surface area contributed by atoms with Crippen LogP contribution < -0.4 is 0 Å². The molecule has 0 aliphatic heterocycles. The summed E-state index contributed by atoms with van der Waals surface area (Å²) in [4.78, 5) is 21.7. The van der Waals surface area contributed by atoms with Crippen molar-refractivity contribution in [3.05, 3.63) is 35.4 Å². The summed E-state index contributed by atoms with van der Waals surface area (Å²) < 4.78 is 4.93. The molecule has 0 radical (unpaired) electrons. The van der Waals surface area contributed by atoms with Crippen LogP contribution in [0.4, 0.5) is 0 Å². The van der Waals surface area contributed by atoms with E-state index < -0.39 is 5.97 Å². The number of carbonyl (C=O) groups excluding carboxylic acids is 2. The first-order valence-electron chi connectivity index (χ1n) is 4.78. The Bertz CT molecular complexity index is 369. The molecule has 0 atom stereocenters. The van der Waals surface area contributed by atoms with Crippen LogP contribution in [0, 0.1) is 6.92 Å². The minimum atomic E-state index is -0.469. The molecule has 0 spiro atoms. The van der Waals surface area contributed by atoms with Crippen LogP contribution >= 0.6 is 0 Å². The maximum Gasteiger partial charge on any atom is 0.313 e. The van der Waals surface area contributed by atoms with Crippen molar-refractivity contribution in [2.75, 3.05) is 0 Å².